The summed E-state index contributed by atoms with van der Waals surface area (Å²) < 4.78 is 11.3. The fourth-order valence-electron chi connectivity index (χ4n) is 5.00. The zero-order valence-corrected chi connectivity index (χ0v) is 14.0. The van der Waals surface area contributed by atoms with Gasteiger partial charge in [0.15, 0.2) is 0 Å². The first kappa shape index (κ1) is 15.3. The molecule has 0 aromatic rings. The summed E-state index contributed by atoms with van der Waals surface area (Å²) in [5.41, 5.74) is 0. The lowest BCUT2D eigenvalue weighted by atomic mass is 9.52. The highest BCUT2D eigenvalue weighted by Gasteiger charge is 2.47. The van der Waals surface area contributed by atoms with Crippen molar-refractivity contribution in [3.8, 4) is 0 Å². The van der Waals surface area contributed by atoms with Gasteiger partial charge in [0.1, 0.15) is 0 Å². The predicted octanol–water partition coefficient (Wildman–Crippen LogP) is 2.12. The number of carbonyl (C=O) groups is 1. The van der Waals surface area contributed by atoms with Gasteiger partial charge >= 0.3 is 6.03 Å². The zero-order chi connectivity index (χ0) is 15.0. The summed E-state index contributed by atoms with van der Waals surface area (Å²) in [7, 11) is -0.880. The molecule has 4 aliphatic rings. The Morgan fingerprint density at radius 1 is 1.10 bits per heavy atom. The third-order valence-electron chi connectivity index (χ3n) is 6.04. The molecule has 2 amide bonds. The van der Waals surface area contributed by atoms with Gasteiger partial charge in [-0.3, -0.25) is 4.21 Å². The lowest BCUT2D eigenvalue weighted by molar-refractivity contribution is -0.0343. The largest absolute Gasteiger partial charge is 0.338 e. The number of amides is 2. The molecule has 2 atom stereocenters. The van der Waals surface area contributed by atoms with Crippen LogP contribution in [0.15, 0.2) is 0 Å². The van der Waals surface area contributed by atoms with Crippen LogP contribution in [0.1, 0.15) is 39.0 Å². The van der Waals surface area contributed by atoms with Crippen LogP contribution in [0.25, 0.3) is 0 Å². The fourth-order valence-corrected chi connectivity index (χ4v) is 5.32. The molecular weight excluding hydrogens is 284 g/mol. The highest BCUT2D eigenvalue weighted by Crippen LogP contribution is 2.56. The smallest absolute Gasteiger partial charge is 0.314 e. The van der Waals surface area contributed by atoms with E-state index in [-0.39, 0.29) is 11.3 Å². The Morgan fingerprint density at radius 2 is 1.67 bits per heavy atom. The first-order chi connectivity index (χ1) is 10.0. The first-order valence-electron chi connectivity index (χ1n) is 8.36. The van der Waals surface area contributed by atoms with Gasteiger partial charge in [-0.25, -0.2) is 4.79 Å². The van der Waals surface area contributed by atoms with E-state index in [9.17, 15) is 9.00 Å². The summed E-state index contributed by atoms with van der Waals surface area (Å²) in [6.45, 7) is 3.20. The van der Waals surface area contributed by atoms with Gasteiger partial charge in [-0.05, 0) is 68.6 Å². The van der Waals surface area contributed by atoms with E-state index in [0.717, 1.165) is 30.2 Å². The van der Waals surface area contributed by atoms with Crippen molar-refractivity contribution in [3.05, 3.63) is 0 Å². The van der Waals surface area contributed by atoms with Crippen LogP contribution in [-0.4, -0.2) is 34.8 Å². The Morgan fingerprint density at radius 3 is 2.19 bits per heavy atom. The third kappa shape index (κ3) is 3.43. The molecule has 0 aromatic heterocycles. The summed E-state index contributed by atoms with van der Waals surface area (Å²) in [6.07, 6.45) is 8.73. The Bertz CT molecular complexity index is 399. The first-order valence-corrected chi connectivity index (χ1v) is 9.99. The maximum atomic E-state index is 11.9. The molecular formula is C16H28N2O2S. The average molecular weight is 312 g/mol. The van der Waals surface area contributed by atoms with Gasteiger partial charge in [0.25, 0.3) is 0 Å². The third-order valence-corrected chi connectivity index (χ3v) is 7.34. The van der Waals surface area contributed by atoms with Crippen molar-refractivity contribution < 1.29 is 9.00 Å². The Hall–Kier alpha value is -0.580. The lowest BCUT2D eigenvalue weighted by Gasteiger charge is -2.54. The van der Waals surface area contributed by atoms with Crippen molar-refractivity contribution in [3.63, 3.8) is 0 Å². The van der Waals surface area contributed by atoms with Crippen molar-refractivity contribution in [2.24, 2.45) is 29.6 Å². The average Bonchev–Trinajstić information content (AvgIpc) is 2.43. The van der Waals surface area contributed by atoms with Crippen LogP contribution in [0.4, 0.5) is 4.79 Å². The van der Waals surface area contributed by atoms with E-state index in [0.29, 0.717) is 12.5 Å². The molecule has 4 rings (SSSR count). The normalized spacial score (nSPS) is 39.8. The van der Waals surface area contributed by atoms with Gasteiger partial charge in [0.05, 0.1) is 0 Å². The summed E-state index contributed by atoms with van der Waals surface area (Å²) in [6, 6.07) is -0.0962. The maximum absolute atomic E-state index is 11.9. The van der Waals surface area contributed by atoms with Crippen LogP contribution in [0.5, 0.6) is 0 Å². The fraction of sp³-hybridized carbons (Fsp3) is 0.938. The van der Waals surface area contributed by atoms with Crippen LogP contribution >= 0.6 is 0 Å². The Kier molecular flexibility index (Phi) is 4.57. The number of rotatable bonds is 5. The maximum Gasteiger partial charge on any atom is 0.314 e. The molecule has 5 heteroatoms. The monoisotopic (exact) mass is 312 g/mol. The van der Waals surface area contributed by atoms with E-state index >= 15 is 0 Å². The predicted molar refractivity (Wildman–Crippen MR) is 85.5 cm³/mol. The molecule has 0 aliphatic heterocycles. The summed E-state index contributed by atoms with van der Waals surface area (Å²) in [5.74, 6) is 4.37. The number of carbonyl (C=O) groups excluding carboxylic acids is 1. The Labute approximate surface area is 130 Å². The van der Waals surface area contributed by atoms with E-state index < -0.39 is 10.8 Å². The van der Waals surface area contributed by atoms with E-state index in [1.54, 1.807) is 6.26 Å². The minimum atomic E-state index is -0.880. The minimum Gasteiger partial charge on any atom is -0.338 e. The second kappa shape index (κ2) is 6.27. The van der Waals surface area contributed by atoms with Gasteiger partial charge < -0.3 is 10.6 Å². The van der Waals surface area contributed by atoms with E-state index in [4.69, 9.17) is 0 Å². The van der Waals surface area contributed by atoms with E-state index in [1.807, 2.05) is 6.92 Å². The molecule has 0 heterocycles. The molecule has 2 unspecified atom stereocenters. The van der Waals surface area contributed by atoms with Gasteiger partial charge in [0, 0.05) is 35.4 Å². The quantitative estimate of drug-likeness (QED) is 0.817. The Balaban J connectivity index is 1.43. The topological polar surface area (TPSA) is 58.2 Å². The van der Waals surface area contributed by atoms with Crippen molar-refractivity contribution in [1.29, 1.82) is 0 Å². The summed E-state index contributed by atoms with van der Waals surface area (Å²) >= 11 is 0. The van der Waals surface area contributed by atoms with E-state index in [1.165, 1.54) is 32.1 Å². The van der Waals surface area contributed by atoms with Crippen molar-refractivity contribution in [1.82, 2.24) is 10.6 Å². The number of hydrogen-bond acceptors (Lipinski definition) is 2. The van der Waals surface area contributed by atoms with Crippen molar-refractivity contribution in [2.75, 3.05) is 19.3 Å². The molecule has 4 aliphatic carbocycles. The molecule has 4 bridgehead atoms. The molecule has 0 saturated heterocycles. The highest BCUT2D eigenvalue weighted by molar-refractivity contribution is 7.84. The van der Waals surface area contributed by atoms with Crippen molar-refractivity contribution in [2.45, 2.75) is 44.3 Å². The molecule has 0 aromatic carbocycles. The second-order valence-electron chi connectivity index (χ2n) is 7.49. The van der Waals surface area contributed by atoms with Crippen LogP contribution < -0.4 is 10.6 Å². The molecule has 2 N–H and O–H groups in total. The summed E-state index contributed by atoms with van der Waals surface area (Å²) in [4.78, 5) is 11.9. The van der Waals surface area contributed by atoms with Crippen molar-refractivity contribution >= 4 is 16.8 Å². The summed E-state index contributed by atoms with van der Waals surface area (Å²) in [5, 5.41) is 5.91. The molecule has 4 nitrogen and oxygen atoms in total. The van der Waals surface area contributed by atoms with Gasteiger partial charge in [-0.1, -0.05) is 0 Å². The zero-order valence-electron chi connectivity index (χ0n) is 13.1. The van der Waals surface area contributed by atoms with Crippen LogP contribution in [0, 0.1) is 29.6 Å². The standard InChI is InChI=1S/C16H28N2O2S/c1-10(21(2)20)8-17-16(19)18-9-15-13-4-11-3-12(6-13)7-14(15)5-11/h10-15H,3-9H2,1-2H3,(H2,17,18,19). The molecule has 0 spiro atoms. The molecule has 4 saturated carbocycles. The number of hydrogen-bond donors (Lipinski definition) is 2. The van der Waals surface area contributed by atoms with Gasteiger partial charge in [0.2, 0.25) is 0 Å². The van der Waals surface area contributed by atoms with E-state index in [2.05, 4.69) is 10.6 Å². The highest BCUT2D eigenvalue weighted by atomic mass is 32.2. The number of urea groups is 1. The molecule has 120 valence electrons. The molecule has 4 fully saturated rings. The van der Waals surface area contributed by atoms with Gasteiger partial charge in [-0.15, -0.1) is 0 Å². The second-order valence-corrected chi connectivity index (χ2v) is 9.30. The SMILES string of the molecule is CC(CNC(=O)NCC1C2CC3CC(C2)CC1C3)S(C)=O. The van der Waals surface area contributed by atoms with Crippen LogP contribution in [-0.2, 0) is 10.8 Å². The van der Waals surface area contributed by atoms with Gasteiger partial charge in [-0.2, -0.15) is 0 Å². The van der Waals surface area contributed by atoms with Crippen LogP contribution in [0.3, 0.4) is 0 Å². The number of nitrogens with one attached hydrogen (secondary N) is 2. The molecule has 21 heavy (non-hydrogen) atoms. The lowest BCUT2D eigenvalue weighted by Crippen LogP contribution is -2.50. The minimum absolute atomic E-state index is 0.0110. The molecule has 0 radical (unpaired) electrons. The van der Waals surface area contributed by atoms with Crippen LogP contribution in [0.2, 0.25) is 0 Å².